The summed E-state index contributed by atoms with van der Waals surface area (Å²) in [6.45, 7) is 4.07. The molecule has 1 heterocycles. The maximum atomic E-state index is 12.5. The molecule has 0 atom stereocenters. The quantitative estimate of drug-likeness (QED) is 0.510. The molecule has 3 aromatic rings. The van der Waals surface area contributed by atoms with Gasteiger partial charge in [-0.25, -0.2) is 4.68 Å². The Morgan fingerprint density at radius 1 is 1.06 bits per heavy atom. The van der Waals surface area contributed by atoms with Crippen molar-refractivity contribution in [2.24, 2.45) is 0 Å². The number of nitrogens with zero attached hydrogens (tertiary/aromatic N) is 2. The van der Waals surface area contributed by atoms with E-state index in [1.807, 2.05) is 61.1 Å². The van der Waals surface area contributed by atoms with E-state index in [9.17, 15) is 9.59 Å². The van der Waals surface area contributed by atoms with E-state index in [0.717, 1.165) is 11.4 Å². The zero-order valence-corrected chi connectivity index (χ0v) is 18.5. The van der Waals surface area contributed by atoms with Crippen LogP contribution in [0.3, 0.4) is 0 Å². The summed E-state index contributed by atoms with van der Waals surface area (Å²) in [7, 11) is 1.49. The van der Waals surface area contributed by atoms with Crippen LogP contribution in [-0.2, 0) is 11.2 Å². The van der Waals surface area contributed by atoms with Crippen molar-refractivity contribution in [3.63, 3.8) is 0 Å². The van der Waals surface area contributed by atoms with Gasteiger partial charge in [-0.3, -0.25) is 9.59 Å². The third kappa shape index (κ3) is 6.34. The van der Waals surface area contributed by atoms with Gasteiger partial charge in [0.25, 0.3) is 11.8 Å². The summed E-state index contributed by atoms with van der Waals surface area (Å²) in [5.74, 6) is 0.333. The molecule has 3 rings (SSSR count). The van der Waals surface area contributed by atoms with Gasteiger partial charge < -0.3 is 20.1 Å². The number of hydrogen-bond donors (Lipinski definition) is 2. The number of methoxy groups -OCH3 is 1. The van der Waals surface area contributed by atoms with E-state index in [-0.39, 0.29) is 24.5 Å². The average molecular weight is 437 g/mol. The topological polar surface area (TPSA) is 94.5 Å². The summed E-state index contributed by atoms with van der Waals surface area (Å²) >= 11 is 0. The van der Waals surface area contributed by atoms with E-state index >= 15 is 0 Å². The molecule has 0 aliphatic rings. The van der Waals surface area contributed by atoms with Crippen molar-refractivity contribution in [2.45, 2.75) is 26.3 Å². The van der Waals surface area contributed by atoms with E-state index in [1.54, 1.807) is 18.2 Å². The summed E-state index contributed by atoms with van der Waals surface area (Å²) in [4.78, 5) is 24.3. The third-order valence-corrected chi connectivity index (χ3v) is 4.57. The number of rotatable bonds is 10. The van der Waals surface area contributed by atoms with Crippen molar-refractivity contribution < 1.29 is 19.1 Å². The largest absolute Gasteiger partial charge is 0.493 e. The van der Waals surface area contributed by atoms with Crippen LogP contribution in [-0.4, -0.2) is 47.9 Å². The van der Waals surface area contributed by atoms with Gasteiger partial charge in [-0.2, -0.15) is 5.10 Å². The lowest BCUT2D eigenvalue weighted by Gasteiger charge is -2.13. The Hall–Kier alpha value is -3.81. The van der Waals surface area contributed by atoms with Crippen LogP contribution >= 0.6 is 0 Å². The molecule has 1 aromatic heterocycles. The van der Waals surface area contributed by atoms with E-state index in [2.05, 4.69) is 15.7 Å². The van der Waals surface area contributed by atoms with Crippen molar-refractivity contribution in [1.82, 2.24) is 20.4 Å². The summed E-state index contributed by atoms with van der Waals surface area (Å²) < 4.78 is 12.7. The van der Waals surface area contributed by atoms with Gasteiger partial charge in [-0.05, 0) is 50.2 Å². The Morgan fingerprint density at radius 3 is 2.56 bits per heavy atom. The summed E-state index contributed by atoms with van der Waals surface area (Å²) in [6, 6.07) is 16.7. The summed E-state index contributed by atoms with van der Waals surface area (Å²) in [6.07, 6.45) is 2.51. The van der Waals surface area contributed by atoms with Crippen LogP contribution in [0.2, 0.25) is 0 Å². The predicted molar refractivity (Wildman–Crippen MR) is 121 cm³/mol. The average Bonchev–Trinajstić information content (AvgIpc) is 3.26. The smallest absolute Gasteiger partial charge is 0.258 e. The lowest BCUT2D eigenvalue weighted by Crippen LogP contribution is -2.34. The Kier molecular flexibility index (Phi) is 7.85. The van der Waals surface area contributed by atoms with Crippen molar-refractivity contribution in [3.8, 4) is 17.2 Å². The SMILES string of the molecule is COc1cc(C(=O)NCCc2ccn(-c3ccccc3)n2)ccc1OCC(=O)NC(C)C. The highest BCUT2D eigenvalue weighted by molar-refractivity contribution is 5.94. The predicted octanol–water partition coefficient (Wildman–Crippen LogP) is 2.76. The Labute approximate surface area is 187 Å². The molecule has 168 valence electrons. The molecule has 0 unspecified atom stereocenters. The lowest BCUT2D eigenvalue weighted by atomic mass is 10.2. The highest BCUT2D eigenvalue weighted by Crippen LogP contribution is 2.28. The number of nitrogens with one attached hydrogen (secondary N) is 2. The maximum Gasteiger partial charge on any atom is 0.258 e. The van der Waals surface area contributed by atoms with Crippen molar-refractivity contribution in [3.05, 3.63) is 72.1 Å². The van der Waals surface area contributed by atoms with Gasteiger partial charge in [0.2, 0.25) is 0 Å². The number of benzene rings is 2. The van der Waals surface area contributed by atoms with Crippen LogP contribution in [0.15, 0.2) is 60.8 Å². The summed E-state index contributed by atoms with van der Waals surface area (Å²) in [5, 5.41) is 10.2. The molecule has 0 saturated heterocycles. The van der Waals surface area contributed by atoms with Gasteiger partial charge in [0.1, 0.15) is 0 Å². The van der Waals surface area contributed by atoms with Crippen LogP contribution in [0.1, 0.15) is 29.9 Å². The molecule has 2 aromatic carbocycles. The fraction of sp³-hybridized carbons (Fsp3) is 0.292. The first-order valence-electron chi connectivity index (χ1n) is 10.4. The molecule has 0 aliphatic carbocycles. The maximum absolute atomic E-state index is 12.5. The zero-order valence-electron chi connectivity index (χ0n) is 18.5. The molecule has 8 heteroatoms. The minimum Gasteiger partial charge on any atom is -0.493 e. The second-order valence-corrected chi connectivity index (χ2v) is 7.47. The minimum atomic E-state index is -0.227. The zero-order chi connectivity index (χ0) is 22.9. The molecule has 0 saturated carbocycles. The molecule has 0 bridgehead atoms. The first kappa shape index (κ1) is 22.9. The normalized spacial score (nSPS) is 10.6. The van der Waals surface area contributed by atoms with Gasteiger partial charge in [0.15, 0.2) is 18.1 Å². The van der Waals surface area contributed by atoms with E-state index in [1.165, 1.54) is 7.11 Å². The molecule has 2 amide bonds. The molecule has 32 heavy (non-hydrogen) atoms. The van der Waals surface area contributed by atoms with Gasteiger partial charge in [-0.15, -0.1) is 0 Å². The molecule has 8 nitrogen and oxygen atoms in total. The standard InChI is InChI=1S/C24H28N4O4/c1-17(2)26-23(29)16-32-21-10-9-18(15-22(21)31-3)24(30)25-13-11-19-12-14-28(27-19)20-7-5-4-6-8-20/h4-10,12,14-15,17H,11,13,16H2,1-3H3,(H,25,30)(H,26,29). The van der Waals surface area contributed by atoms with Crippen LogP contribution in [0.5, 0.6) is 11.5 Å². The first-order valence-corrected chi connectivity index (χ1v) is 10.4. The number of aromatic nitrogens is 2. The second kappa shape index (κ2) is 11.0. The Morgan fingerprint density at radius 2 is 1.84 bits per heavy atom. The molecule has 0 fully saturated rings. The molecule has 0 aliphatic heterocycles. The molecule has 0 radical (unpaired) electrons. The third-order valence-electron chi connectivity index (χ3n) is 4.57. The monoisotopic (exact) mass is 436 g/mol. The van der Waals surface area contributed by atoms with Crippen molar-refractivity contribution in [2.75, 3.05) is 20.3 Å². The number of hydrogen-bond acceptors (Lipinski definition) is 5. The first-order chi connectivity index (χ1) is 15.5. The molecular formula is C24H28N4O4. The van der Waals surface area contributed by atoms with Crippen LogP contribution in [0, 0.1) is 0 Å². The van der Waals surface area contributed by atoms with E-state index < -0.39 is 0 Å². The van der Waals surface area contributed by atoms with Crippen LogP contribution < -0.4 is 20.1 Å². The summed E-state index contributed by atoms with van der Waals surface area (Å²) in [5.41, 5.74) is 2.31. The van der Waals surface area contributed by atoms with Gasteiger partial charge >= 0.3 is 0 Å². The number of para-hydroxylation sites is 1. The fourth-order valence-corrected chi connectivity index (χ4v) is 3.06. The number of carbonyl (C=O) groups is 2. The van der Waals surface area contributed by atoms with Crippen LogP contribution in [0.4, 0.5) is 0 Å². The number of ether oxygens (including phenoxy) is 2. The second-order valence-electron chi connectivity index (χ2n) is 7.47. The highest BCUT2D eigenvalue weighted by Gasteiger charge is 2.13. The lowest BCUT2D eigenvalue weighted by molar-refractivity contribution is -0.123. The van der Waals surface area contributed by atoms with Crippen molar-refractivity contribution >= 4 is 11.8 Å². The van der Waals surface area contributed by atoms with Crippen molar-refractivity contribution in [1.29, 1.82) is 0 Å². The molecule has 2 N–H and O–H groups in total. The fourth-order valence-electron chi connectivity index (χ4n) is 3.06. The number of carbonyl (C=O) groups excluding carboxylic acids is 2. The molecular weight excluding hydrogens is 408 g/mol. The minimum absolute atomic E-state index is 0.0335. The van der Waals surface area contributed by atoms with E-state index in [4.69, 9.17) is 9.47 Å². The highest BCUT2D eigenvalue weighted by atomic mass is 16.5. The van der Waals surface area contributed by atoms with Crippen LogP contribution in [0.25, 0.3) is 5.69 Å². The van der Waals surface area contributed by atoms with E-state index in [0.29, 0.717) is 30.0 Å². The van der Waals surface area contributed by atoms with Gasteiger partial charge in [0, 0.05) is 30.8 Å². The van der Waals surface area contributed by atoms with Gasteiger partial charge in [-0.1, -0.05) is 18.2 Å². The molecule has 0 spiro atoms. The number of amides is 2. The van der Waals surface area contributed by atoms with Gasteiger partial charge in [0.05, 0.1) is 18.5 Å². The Bertz CT molecular complexity index is 1050. The Balaban J connectivity index is 1.52.